The molecule has 22 heavy (non-hydrogen) atoms. The van der Waals surface area contributed by atoms with Crippen LogP contribution in [-0.4, -0.2) is 45.1 Å². The topological polar surface area (TPSA) is 72.9 Å². The molecular formula is C15H17FN6. The molecule has 114 valence electrons. The zero-order valence-corrected chi connectivity index (χ0v) is 12.5. The summed E-state index contributed by atoms with van der Waals surface area (Å²) in [5.41, 5.74) is 7.65. The van der Waals surface area contributed by atoms with Gasteiger partial charge in [0.2, 0.25) is 5.95 Å². The number of fused-ring (bicyclic) bond motifs is 1. The standard InChI is InChI=1S/C15H17FN6/c1-21(2)5-3-12-14-11(17)7-10(16)8-13(14)20-15(19-12)22-6-4-18-9-22/h4,6-9H,3,5,17H2,1-2H3. The molecule has 0 saturated heterocycles. The Morgan fingerprint density at radius 2 is 2.09 bits per heavy atom. The van der Waals surface area contributed by atoms with Crippen molar-refractivity contribution in [2.75, 3.05) is 26.4 Å². The van der Waals surface area contributed by atoms with Crippen molar-refractivity contribution in [3.8, 4) is 5.95 Å². The molecule has 6 nitrogen and oxygen atoms in total. The predicted molar refractivity (Wildman–Crippen MR) is 83.3 cm³/mol. The van der Waals surface area contributed by atoms with E-state index in [4.69, 9.17) is 5.73 Å². The van der Waals surface area contributed by atoms with Gasteiger partial charge >= 0.3 is 0 Å². The molecule has 2 N–H and O–H groups in total. The SMILES string of the molecule is CN(C)CCc1nc(-n2ccnc2)nc2cc(F)cc(N)c12. The van der Waals surface area contributed by atoms with E-state index in [0.717, 1.165) is 12.2 Å². The Balaban J connectivity index is 2.19. The molecule has 0 spiro atoms. The zero-order chi connectivity index (χ0) is 15.7. The maximum absolute atomic E-state index is 13.6. The molecule has 2 aromatic heterocycles. The van der Waals surface area contributed by atoms with Crippen molar-refractivity contribution in [1.82, 2.24) is 24.4 Å². The minimum absolute atomic E-state index is 0.362. The van der Waals surface area contributed by atoms with Gasteiger partial charge in [0.05, 0.1) is 11.2 Å². The summed E-state index contributed by atoms with van der Waals surface area (Å²) in [6, 6.07) is 2.69. The van der Waals surface area contributed by atoms with Crippen LogP contribution in [0.15, 0.2) is 30.9 Å². The summed E-state index contributed by atoms with van der Waals surface area (Å²) in [6.45, 7) is 0.812. The highest BCUT2D eigenvalue weighted by atomic mass is 19.1. The molecule has 2 heterocycles. The molecule has 0 aliphatic rings. The van der Waals surface area contributed by atoms with Crippen LogP contribution in [0.25, 0.3) is 16.9 Å². The van der Waals surface area contributed by atoms with Gasteiger partial charge in [0.25, 0.3) is 0 Å². The summed E-state index contributed by atoms with van der Waals surface area (Å²) < 4.78 is 15.3. The van der Waals surface area contributed by atoms with Gasteiger partial charge in [-0.3, -0.25) is 4.57 Å². The summed E-state index contributed by atoms with van der Waals surface area (Å²) in [7, 11) is 3.98. The fourth-order valence-corrected chi connectivity index (χ4v) is 2.33. The first-order valence-electron chi connectivity index (χ1n) is 6.93. The Morgan fingerprint density at radius 1 is 1.27 bits per heavy atom. The lowest BCUT2D eigenvalue weighted by Gasteiger charge is -2.13. The van der Waals surface area contributed by atoms with Gasteiger partial charge in [0, 0.05) is 42.5 Å². The molecule has 0 aliphatic heterocycles. The molecule has 0 saturated carbocycles. The second kappa shape index (κ2) is 5.69. The second-order valence-electron chi connectivity index (χ2n) is 5.38. The molecule has 0 unspecified atom stereocenters. The van der Waals surface area contributed by atoms with Crippen molar-refractivity contribution in [3.63, 3.8) is 0 Å². The summed E-state index contributed by atoms with van der Waals surface area (Å²) >= 11 is 0. The van der Waals surface area contributed by atoms with Crippen molar-refractivity contribution in [2.45, 2.75) is 6.42 Å². The van der Waals surface area contributed by atoms with Crippen molar-refractivity contribution in [1.29, 1.82) is 0 Å². The lowest BCUT2D eigenvalue weighted by Crippen LogP contribution is -2.17. The van der Waals surface area contributed by atoms with Crippen molar-refractivity contribution in [3.05, 3.63) is 42.4 Å². The predicted octanol–water partition coefficient (Wildman–Crippen LogP) is 1.64. The van der Waals surface area contributed by atoms with Crippen molar-refractivity contribution < 1.29 is 4.39 Å². The van der Waals surface area contributed by atoms with Crippen molar-refractivity contribution in [2.24, 2.45) is 0 Å². The highest BCUT2D eigenvalue weighted by molar-refractivity contribution is 5.92. The number of anilines is 1. The Labute approximate surface area is 127 Å². The van der Waals surface area contributed by atoms with E-state index in [2.05, 4.69) is 19.9 Å². The lowest BCUT2D eigenvalue weighted by molar-refractivity contribution is 0.412. The number of halogens is 1. The summed E-state index contributed by atoms with van der Waals surface area (Å²) in [5, 5.41) is 0.715. The Morgan fingerprint density at radius 3 is 2.77 bits per heavy atom. The average Bonchev–Trinajstić information content (AvgIpc) is 2.97. The fraction of sp³-hybridized carbons (Fsp3) is 0.267. The van der Waals surface area contributed by atoms with Crippen LogP contribution in [0.1, 0.15) is 5.69 Å². The maximum Gasteiger partial charge on any atom is 0.235 e. The highest BCUT2D eigenvalue weighted by Gasteiger charge is 2.13. The minimum Gasteiger partial charge on any atom is -0.398 e. The number of rotatable bonds is 4. The molecule has 0 radical (unpaired) electrons. The molecule has 7 heteroatoms. The number of likely N-dealkylation sites (N-methyl/N-ethyl adjacent to an activating group) is 1. The first-order chi connectivity index (χ1) is 10.5. The first-order valence-corrected chi connectivity index (χ1v) is 6.93. The van der Waals surface area contributed by atoms with Crippen LogP contribution in [0.3, 0.4) is 0 Å². The van der Waals surface area contributed by atoms with Crippen molar-refractivity contribution >= 4 is 16.6 Å². The molecule has 0 aliphatic carbocycles. The van der Waals surface area contributed by atoms with E-state index in [1.165, 1.54) is 12.1 Å². The van der Waals surface area contributed by atoms with Gasteiger partial charge in [-0.15, -0.1) is 0 Å². The van der Waals surface area contributed by atoms with E-state index < -0.39 is 5.82 Å². The Kier molecular flexibility index (Phi) is 3.72. The third-order valence-electron chi connectivity index (χ3n) is 3.39. The summed E-state index contributed by atoms with van der Waals surface area (Å²) in [6.07, 6.45) is 5.70. The van der Waals surface area contributed by atoms with Crippen LogP contribution in [-0.2, 0) is 6.42 Å². The molecular weight excluding hydrogens is 283 g/mol. The van der Waals surface area contributed by atoms with Gasteiger partial charge in [0.15, 0.2) is 0 Å². The number of nitrogens with zero attached hydrogens (tertiary/aromatic N) is 5. The van der Waals surface area contributed by atoms with E-state index in [-0.39, 0.29) is 0 Å². The summed E-state index contributed by atoms with van der Waals surface area (Å²) in [5.74, 6) is 0.0580. The smallest absolute Gasteiger partial charge is 0.235 e. The van der Waals surface area contributed by atoms with E-state index in [9.17, 15) is 4.39 Å². The third kappa shape index (κ3) is 2.75. The number of nitrogens with two attached hydrogens (primary N) is 1. The van der Waals surface area contributed by atoms with Crippen LogP contribution in [0.2, 0.25) is 0 Å². The molecule has 0 bridgehead atoms. The number of nitrogen functional groups attached to an aromatic ring is 1. The summed E-state index contributed by atoms with van der Waals surface area (Å²) in [4.78, 5) is 15.0. The Bertz CT molecular complexity index is 797. The van der Waals surface area contributed by atoms with Gasteiger partial charge in [0.1, 0.15) is 12.1 Å². The van der Waals surface area contributed by atoms with Crippen LogP contribution >= 0.6 is 0 Å². The van der Waals surface area contributed by atoms with Gasteiger partial charge in [-0.2, -0.15) is 0 Å². The molecule has 0 atom stereocenters. The highest BCUT2D eigenvalue weighted by Crippen LogP contribution is 2.25. The third-order valence-corrected chi connectivity index (χ3v) is 3.39. The van der Waals surface area contributed by atoms with E-state index >= 15 is 0 Å². The molecule has 1 aromatic carbocycles. The van der Waals surface area contributed by atoms with E-state index in [1.54, 1.807) is 23.3 Å². The van der Waals surface area contributed by atoms with Crippen LogP contribution < -0.4 is 5.73 Å². The Hall–Kier alpha value is -2.54. The second-order valence-corrected chi connectivity index (χ2v) is 5.38. The van der Waals surface area contributed by atoms with Crippen LogP contribution in [0.4, 0.5) is 10.1 Å². The van der Waals surface area contributed by atoms with Gasteiger partial charge in [-0.1, -0.05) is 0 Å². The fourth-order valence-electron chi connectivity index (χ4n) is 2.33. The number of benzene rings is 1. The van der Waals surface area contributed by atoms with Gasteiger partial charge < -0.3 is 10.6 Å². The van der Waals surface area contributed by atoms with E-state index in [1.807, 2.05) is 14.1 Å². The molecule has 3 aromatic rings. The maximum atomic E-state index is 13.6. The molecule has 3 rings (SSSR count). The quantitative estimate of drug-likeness (QED) is 0.742. The average molecular weight is 300 g/mol. The first kappa shape index (κ1) is 14.4. The molecule has 0 amide bonds. The minimum atomic E-state index is -0.404. The number of hydrogen-bond donors (Lipinski definition) is 1. The number of imidazole rings is 1. The van der Waals surface area contributed by atoms with Gasteiger partial charge in [-0.05, 0) is 20.2 Å². The van der Waals surface area contributed by atoms with Gasteiger partial charge in [-0.25, -0.2) is 19.3 Å². The largest absolute Gasteiger partial charge is 0.398 e. The van der Waals surface area contributed by atoms with Crippen LogP contribution in [0, 0.1) is 5.82 Å². The monoisotopic (exact) mass is 300 g/mol. The van der Waals surface area contributed by atoms with Crippen LogP contribution in [0.5, 0.6) is 0 Å². The van der Waals surface area contributed by atoms with E-state index in [0.29, 0.717) is 29.0 Å². The zero-order valence-electron chi connectivity index (χ0n) is 12.5. The number of aromatic nitrogens is 4. The molecule has 0 fully saturated rings. The lowest BCUT2D eigenvalue weighted by atomic mass is 10.1. The normalized spacial score (nSPS) is 11.5. The number of hydrogen-bond acceptors (Lipinski definition) is 5.